The second-order valence-electron chi connectivity index (χ2n) is 6.52. The molecule has 0 saturated carbocycles. The predicted molar refractivity (Wildman–Crippen MR) is 89.9 cm³/mol. The molecule has 1 atom stereocenters. The monoisotopic (exact) mass is 394 g/mol. The minimum absolute atomic E-state index is 0.0921. The number of anilines is 1. The second kappa shape index (κ2) is 5.72. The predicted octanol–water partition coefficient (Wildman–Crippen LogP) is 3.74. The number of halogens is 2. The molecule has 1 fully saturated rings. The zero-order chi connectivity index (χ0) is 16.0. The van der Waals surface area contributed by atoms with Gasteiger partial charge in [0, 0.05) is 23.8 Å². The van der Waals surface area contributed by atoms with Crippen LogP contribution < -0.4 is 5.73 Å². The summed E-state index contributed by atoms with van der Waals surface area (Å²) in [5, 5.41) is 0.320. The minimum Gasteiger partial charge on any atom is -0.398 e. The van der Waals surface area contributed by atoms with Crippen molar-refractivity contribution in [3.8, 4) is 0 Å². The SMILES string of the molecule is CC(C)(C)C1CCN(S(=O)(=O)c2cc(Cl)cc(N)c2Br)C1. The molecule has 1 aliphatic rings. The standard InChI is InChI=1S/C14H20BrClN2O2S/c1-14(2,3)9-4-5-18(8-9)21(19,20)12-7-10(16)6-11(17)13(12)15/h6-7,9H,4-5,8,17H2,1-3H3. The van der Waals surface area contributed by atoms with Crippen molar-refractivity contribution in [2.24, 2.45) is 11.3 Å². The molecule has 118 valence electrons. The van der Waals surface area contributed by atoms with Crippen LogP contribution in [0.4, 0.5) is 5.69 Å². The molecule has 21 heavy (non-hydrogen) atoms. The summed E-state index contributed by atoms with van der Waals surface area (Å²) in [6.07, 6.45) is 0.871. The maximum atomic E-state index is 12.8. The Hall–Kier alpha value is -0.300. The fourth-order valence-electron chi connectivity index (χ4n) is 2.56. The van der Waals surface area contributed by atoms with Gasteiger partial charge in [0.15, 0.2) is 0 Å². The van der Waals surface area contributed by atoms with Gasteiger partial charge in [0.25, 0.3) is 0 Å². The van der Waals surface area contributed by atoms with Crippen molar-refractivity contribution < 1.29 is 8.42 Å². The lowest BCUT2D eigenvalue weighted by Crippen LogP contribution is -2.31. The van der Waals surface area contributed by atoms with E-state index in [4.69, 9.17) is 17.3 Å². The molecule has 1 saturated heterocycles. The smallest absolute Gasteiger partial charge is 0.244 e. The van der Waals surface area contributed by atoms with Crippen molar-refractivity contribution >= 4 is 43.2 Å². The van der Waals surface area contributed by atoms with E-state index in [1.165, 1.54) is 16.4 Å². The van der Waals surface area contributed by atoms with Crippen LogP contribution >= 0.6 is 27.5 Å². The highest BCUT2D eigenvalue weighted by molar-refractivity contribution is 9.10. The Kier molecular flexibility index (Phi) is 4.65. The third-order valence-electron chi connectivity index (χ3n) is 4.03. The Morgan fingerprint density at radius 3 is 2.52 bits per heavy atom. The Labute approximate surface area is 139 Å². The molecule has 1 unspecified atom stereocenters. The van der Waals surface area contributed by atoms with Gasteiger partial charge in [-0.2, -0.15) is 4.31 Å². The first-order valence-corrected chi connectivity index (χ1v) is 9.39. The van der Waals surface area contributed by atoms with E-state index in [-0.39, 0.29) is 10.3 Å². The number of sulfonamides is 1. The number of hydrogen-bond donors (Lipinski definition) is 1. The highest BCUT2D eigenvalue weighted by Crippen LogP contribution is 2.38. The fraction of sp³-hybridized carbons (Fsp3) is 0.571. The topological polar surface area (TPSA) is 63.4 Å². The van der Waals surface area contributed by atoms with Crippen LogP contribution in [0.25, 0.3) is 0 Å². The lowest BCUT2D eigenvalue weighted by Gasteiger charge is -2.27. The van der Waals surface area contributed by atoms with Crippen molar-refractivity contribution in [3.63, 3.8) is 0 Å². The maximum Gasteiger partial charge on any atom is 0.244 e. The fourth-order valence-corrected chi connectivity index (χ4v) is 5.32. The molecule has 0 aromatic heterocycles. The van der Waals surface area contributed by atoms with Gasteiger partial charge >= 0.3 is 0 Å². The van der Waals surface area contributed by atoms with Gasteiger partial charge in [-0.25, -0.2) is 8.42 Å². The van der Waals surface area contributed by atoms with E-state index in [1.807, 2.05) is 0 Å². The first-order valence-electron chi connectivity index (χ1n) is 6.78. The molecule has 1 aromatic rings. The first-order chi connectivity index (χ1) is 9.53. The van der Waals surface area contributed by atoms with Crippen LogP contribution in [0.2, 0.25) is 5.02 Å². The van der Waals surface area contributed by atoms with Crippen molar-refractivity contribution in [3.05, 3.63) is 21.6 Å². The number of hydrogen-bond acceptors (Lipinski definition) is 3. The first kappa shape index (κ1) is 17.1. The number of nitrogens with two attached hydrogens (primary N) is 1. The molecular formula is C14H20BrClN2O2S. The van der Waals surface area contributed by atoms with E-state index < -0.39 is 10.0 Å². The van der Waals surface area contributed by atoms with E-state index in [2.05, 4.69) is 36.7 Å². The highest BCUT2D eigenvalue weighted by atomic mass is 79.9. The van der Waals surface area contributed by atoms with Gasteiger partial charge in [0.2, 0.25) is 10.0 Å². The molecule has 1 aliphatic heterocycles. The van der Waals surface area contributed by atoms with Crippen LogP contribution in [0, 0.1) is 11.3 Å². The molecule has 2 rings (SSSR count). The molecule has 0 spiro atoms. The zero-order valence-corrected chi connectivity index (χ0v) is 15.5. The summed E-state index contributed by atoms with van der Waals surface area (Å²) in [6, 6.07) is 2.98. The third kappa shape index (κ3) is 3.38. The Morgan fingerprint density at radius 2 is 2.00 bits per heavy atom. The van der Waals surface area contributed by atoms with Crippen LogP contribution in [-0.2, 0) is 10.0 Å². The van der Waals surface area contributed by atoms with Crippen molar-refractivity contribution in [2.45, 2.75) is 32.1 Å². The average molecular weight is 396 g/mol. The van der Waals surface area contributed by atoms with Gasteiger partial charge in [0.05, 0.1) is 9.37 Å². The highest BCUT2D eigenvalue weighted by Gasteiger charge is 2.38. The summed E-state index contributed by atoms with van der Waals surface area (Å²) in [4.78, 5) is 0.141. The Bertz CT molecular complexity index is 656. The summed E-state index contributed by atoms with van der Waals surface area (Å²) >= 11 is 9.21. The summed E-state index contributed by atoms with van der Waals surface area (Å²) in [5.41, 5.74) is 6.22. The van der Waals surface area contributed by atoms with Crippen LogP contribution in [0.3, 0.4) is 0 Å². The molecule has 0 bridgehead atoms. The van der Waals surface area contributed by atoms with Gasteiger partial charge in [-0.15, -0.1) is 0 Å². The summed E-state index contributed by atoms with van der Waals surface area (Å²) < 4.78 is 27.5. The third-order valence-corrected chi connectivity index (χ3v) is 7.28. The van der Waals surface area contributed by atoms with Crippen LogP contribution in [-0.4, -0.2) is 25.8 Å². The zero-order valence-electron chi connectivity index (χ0n) is 12.4. The maximum absolute atomic E-state index is 12.8. The van der Waals surface area contributed by atoms with Crippen molar-refractivity contribution in [2.75, 3.05) is 18.8 Å². The molecule has 4 nitrogen and oxygen atoms in total. The molecule has 0 aliphatic carbocycles. The van der Waals surface area contributed by atoms with Crippen LogP contribution in [0.1, 0.15) is 27.2 Å². The Balaban J connectivity index is 2.37. The largest absolute Gasteiger partial charge is 0.398 e. The summed E-state index contributed by atoms with van der Waals surface area (Å²) in [5.74, 6) is 0.350. The van der Waals surface area contributed by atoms with Gasteiger partial charge < -0.3 is 5.73 Å². The Morgan fingerprint density at radius 1 is 1.38 bits per heavy atom. The van der Waals surface area contributed by atoms with Crippen molar-refractivity contribution in [1.82, 2.24) is 4.31 Å². The van der Waals surface area contributed by atoms with E-state index in [1.54, 1.807) is 0 Å². The van der Waals surface area contributed by atoms with E-state index in [9.17, 15) is 8.42 Å². The average Bonchev–Trinajstić information content (AvgIpc) is 2.83. The summed E-state index contributed by atoms with van der Waals surface area (Å²) in [7, 11) is -3.59. The molecule has 0 radical (unpaired) electrons. The van der Waals surface area contributed by atoms with Crippen LogP contribution in [0.5, 0.6) is 0 Å². The van der Waals surface area contributed by atoms with E-state index in [0.29, 0.717) is 34.2 Å². The number of nitrogen functional groups attached to an aromatic ring is 1. The lowest BCUT2D eigenvalue weighted by molar-refractivity contribution is 0.252. The second-order valence-corrected chi connectivity index (χ2v) is 9.66. The quantitative estimate of drug-likeness (QED) is 0.776. The van der Waals surface area contributed by atoms with E-state index in [0.717, 1.165) is 6.42 Å². The van der Waals surface area contributed by atoms with Gasteiger partial charge in [0.1, 0.15) is 0 Å². The lowest BCUT2D eigenvalue weighted by atomic mass is 9.80. The normalized spacial score (nSPS) is 20.9. The van der Waals surface area contributed by atoms with Crippen molar-refractivity contribution in [1.29, 1.82) is 0 Å². The molecule has 1 heterocycles. The van der Waals surface area contributed by atoms with Gasteiger partial charge in [-0.3, -0.25) is 0 Å². The van der Waals surface area contributed by atoms with Crippen LogP contribution in [0.15, 0.2) is 21.5 Å². The minimum atomic E-state index is -3.59. The molecular weight excluding hydrogens is 376 g/mol. The number of rotatable bonds is 2. The van der Waals surface area contributed by atoms with Gasteiger partial charge in [-0.05, 0) is 45.8 Å². The molecule has 7 heteroatoms. The number of benzene rings is 1. The van der Waals surface area contributed by atoms with E-state index >= 15 is 0 Å². The molecule has 2 N–H and O–H groups in total. The number of nitrogens with zero attached hydrogens (tertiary/aromatic N) is 1. The summed E-state index contributed by atoms with van der Waals surface area (Å²) in [6.45, 7) is 7.48. The van der Waals surface area contributed by atoms with Gasteiger partial charge in [-0.1, -0.05) is 32.4 Å². The molecule has 1 aromatic carbocycles. The molecule has 0 amide bonds.